The molecule has 0 saturated carbocycles. The predicted molar refractivity (Wildman–Crippen MR) is 116 cm³/mol. The van der Waals surface area contributed by atoms with E-state index in [1.807, 2.05) is 29.2 Å². The number of hydrogen-bond acceptors (Lipinski definition) is 5. The minimum absolute atomic E-state index is 0.0738. The highest BCUT2D eigenvalue weighted by atomic mass is 32.1. The van der Waals surface area contributed by atoms with E-state index in [1.165, 1.54) is 16.5 Å². The molecule has 3 heterocycles. The number of carbonyl (C=O) groups is 1. The number of hydrogen-bond donors (Lipinski definition) is 0. The zero-order valence-electron chi connectivity index (χ0n) is 16.1. The van der Waals surface area contributed by atoms with E-state index in [2.05, 4.69) is 23.6 Å². The van der Waals surface area contributed by atoms with Crippen LogP contribution in [0.1, 0.15) is 22.0 Å². The number of benzene rings is 2. The van der Waals surface area contributed by atoms with Gasteiger partial charge in [-0.05, 0) is 47.2 Å². The smallest absolute Gasteiger partial charge is 0.336 e. The molecule has 5 nitrogen and oxygen atoms in total. The third-order valence-corrected chi connectivity index (χ3v) is 6.35. The zero-order chi connectivity index (χ0) is 20.5. The normalized spacial score (nSPS) is 15.7. The van der Waals surface area contributed by atoms with Gasteiger partial charge in [-0.15, -0.1) is 11.3 Å². The maximum absolute atomic E-state index is 13.1. The summed E-state index contributed by atoms with van der Waals surface area (Å²) in [5.41, 5.74) is 2.31. The van der Waals surface area contributed by atoms with Crippen molar-refractivity contribution in [1.82, 2.24) is 4.90 Å². The first-order chi connectivity index (χ1) is 14.7. The fourth-order valence-electron chi connectivity index (χ4n) is 3.94. The summed E-state index contributed by atoms with van der Waals surface area (Å²) in [6.45, 7) is 0.577. The Balaban J connectivity index is 1.38. The quantitative estimate of drug-likeness (QED) is 0.462. The maximum atomic E-state index is 13.1. The molecule has 1 unspecified atom stereocenters. The van der Waals surface area contributed by atoms with Gasteiger partial charge in [-0.1, -0.05) is 30.3 Å². The van der Waals surface area contributed by atoms with Gasteiger partial charge in [0.2, 0.25) is 0 Å². The Labute approximate surface area is 177 Å². The largest absolute Gasteiger partial charge is 0.484 e. The van der Waals surface area contributed by atoms with E-state index in [4.69, 9.17) is 9.15 Å². The molecule has 2 aromatic heterocycles. The SMILES string of the molecule is O=C(COc1ccc2ccc(=O)oc2c1)N1CCc2sccc2C1c1ccccc1. The van der Waals surface area contributed by atoms with Crippen molar-refractivity contribution in [3.8, 4) is 5.75 Å². The standard InChI is InChI=1S/C24H19NO4S/c26-22(15-28-18-8-6-16-7-9-23(27)29-20(16)14-18)25-12-10-21-19(11-13-30-21)24(25)17-4-2-1-3-5-17/h1-9,11,13-14,24H,10,12,15H2. The van der Waals surface area contributed by atoms with Gasteiger partial charge in [-0.25, -0.2) is 4.79 Å². The molecule has 0 bridgehead atoms. The summed E-state index contributed by atoms with van der Waals surface area (Å²) in [6.07, 6.45) is 0.850. The third-order valence-electron chi connectivity index (χ3n) is 5.36. The third kappa shape index (κ3) is 3.50. The zero-order valence-corrected chi connectivity index (χ0v) is 16.9. The molecule has 4 aromatic rings. The van der Waals surface area contributed by atoms with E-state index in [0.717, 1.165) is 17.4 Å². The second-order valence-electron chi connectivity index (χ2n) is 7.19. The van der Waals surface area contributed by atoms with Crippen LogP contribution in [0.2, 0.25) is 0 Å². The van der Waals surface area contributed by atoms with Crippen LogP contribution in [-0.2, 0) is 11.2 Å². The Hall–Kier alpha value is -3.38. The number of nitrogens with zero attached hydrogens (tertiary/aromatic N) is 1. The molecule has 1 atom stereocenters. The van der Waals surface area contributed by atoms with Crippen molar-refractivity contribution in [3.63, 3.8) is 0 Å². The topological polar surface area (TPSA) is 59.8 Å². The lowest BCUT2D eigenvalue weighted by molar-refractivity contribution is -0.135. The van der Waals surface area contributed by atoms with Crippen LogP contribution in [0.3, 0.4) is 0 Å². The predicted octanol–water partition coefficient (Wildman–Crippen LogP) is 4.41. The molecule has 6 heteroatoms. The van der Waals surface area contributed by atoms with Gasteiger partial charge in [0.25, 0.3) is 5.91 Å². The Morgan fingerprint density at radius 3 is 2.80 bits per heavy atom. The molecule has 150 valence electrons. The minimum atomic E-state index is -0.415. The second kappa shape index (κ2) is 7.80. The molecule has 0 fully saturated rings. The van der Waals surface area contributed by atoms with Crippen molar-refractivity contribution < 1.29 is 13.9 Å². The first-order valence-corrected chi connectivity index (χ1v) is 10.6. The van der Waals surface area contributed by atoms with Gasteiger partial charge < -0.3 is 14.1 Å². The van der Waals surface area contributed by atoms with Gasteiger partial charge in [0, 0.05) is 28.9 Å². The van der Waals surface area contributed by atoms with Gasteiger partial charge in [0.05, 0.1) is 6.04 Å². The summed E-state index contributed by atoms with van der Waals surface area (Å²) in [5.74, 6) is 0.421. The fraction of sp³-hybridized carbons (Fsp3) is 0.167. The summed E-state index contributed by atoms with van der Waals surface area (Å²) in [5, 5.41) is 2.90. The molecule has 0 saturated heterocycles. The van der Waals surface area contributed by atoms with Crippen LogP contribution in [0.25, 0.3) is 11.0 Å². The van der Waals surface area contributed by atoms with Gasteiger partial charge in [0.15, 0.2) is 6.61 Å². The van der Waals surface area contributed by atoms with Crippen molar-refractivity contribution in [2.75, 3.05) is 13.2 Å². The van der Waals surface area contributed by atoms with Crippen LogP contribution >= 0.6 is 11.3 Å². The van der Waals surface area contributed by atoms with Crippen LogP contribution < -0.4 is 10.4 Å². The lowest BCUT2D eigenvalue weighted by Gasteiger charge is -2.36. The van der Waals surface area contributed by atoms with E-state index in [9.17, 15) is 9.59 Å². The Kier molecular flexibility index (Phi) is 4.85. The van der Waals surface area contributed by atoms with Crippen molar-refractivity contribution in [3.05, 3.63) is 98.5 Å². The van der Waals surface area contributed by atoms with Crippen LogP contribution in [0, 0.1) is 0 Å². The van der Waals surface area contributed by atoms with E-state index < -0.39 is 5.63 Å². The van der Waals surface area contributed by atoms with E-state index in [-0.39, 0.29) is 18.6 Å². The number of thiophene rings is 1. The highest BCUT2D eigenvalue weighted by Gasteiger charge is 2.32. The molecule has 1 aliphatic rings. The Morgan fingerprint density at radius 1 is 1.10 bits per heavy atom. The van der Waals surface area contributed by atoms with Crippen LogP contribution in [0.5, 0.6) is 5.75 Å². The molecule has 30 heavy (non-hydrogen) atoms. The van der Waals surface area contributed by atoms with Gasteiger partial charge in [-0.2, -0.15) is 0 Å². The molecule has 0 spiro atoms. The number of rotatable bonds is 4. The number of ether oxygens (including phenoxy) is 1. The molecule has 0 aliphatic carbocycles. The van der Waals surface area contributed by atoms with Crippen LogP contribution in [0.4, 0.5) is 0 Å². The van der Waals surface area contributed by atoms with Gasteiger partial charge in [0.1, 0.15) is 11.3 Å². The van der Waals surface area contributed by atoms with Crippen LogP contribution in [-0.4, -0.2) is 24.0 Å². The lowest BCUT2D eigenvalue weighted by atomic mass is 9.93. The average molecular weight is 417 g/mol. The molecule has 2 aromatic carbocycles. The fourth-order valence-corrected chi connectivity index (χ4v) is 4.84. The summed E-state index contributed by atoms with van der Waals surface area (Å²) in [7, 11) is 0. The number of carbonyl (C=O) groups excluding carboxylic acids is 1. The van der Waals surface area contributed by atoms with Crippen molar-refractivity contribution in [1.29, 1.82) is 0 Å². The second-order valence-corrected chi connectivity index (χ2v) is 8.19. The first-order valence-electron chi connectivity index (χ1n) is 9.76. The molecular formula is C24H19NO4S. The summed E-state index contributed by atoms with van der Waals surface area (Å²) in [6, 6.07) is 20.4. The van der Waals surface area contributed by atoms with E-state index in [0.29, 0.717) is 17.9 Å². The number of fused-ring (bicyclic) bond motifs is 2. The summed E-state index contributed by atoms with van der Waals surface area (Å²) < 4.78 is 11.0. The van der Waals surface area contributed by atoms with Crippen molar-refractivity contribution in [2.24, 2.45) is 0 Å². The highest BCUT2D eigenvalue weighted by Crippen LogP contribution is 2.37. The molecular weight excluding hydrogens is 398 g/mol. The molecule has 0 N–H and O–H groups in total. The first kappa shape index (κ1) is 18.6. The monoisotopic (exact) mass is 417 g/mol. The Bertz CT molecular complexity index is 1260. The Morgan fingerprint density at radius 2 is 1.93 bits per heavy atom. The van der Waals surface area contributed by atoms with E-state index in [1.54, 1.807) is 29.5 Å². The van der Waals surface area contributed by atoms with Crippen LogP contribution in [0.15, 0.2) is 81.3 Å². The molecule has 5 rings (SSSR count). The molecule has 0 radical (unpaired) electrons. The number of amides is 1. The lowest BCUT2D eigenvalue weighted by Crippen LogP contribution is -2.42. The minimum Gasteiger partial charge on any atom is -0.484 e. The highest BCUT2D eigenvalue weighted by molar-refractivity contribution is 7.10. The molecule has 1 amide bonds. The van der Waals surface area contributed by atoms with Gasteiger partial charge >= 0.3 is 5.63 Å². The maximum Gasteiger partial charge on any atom is 0.336 e. The van der Waals surface area contributed by atoms with Crippen molar-refractivity contribution in [2.45, 2.75) is 12.5 Å². The summed E-state index contributed by atoms with van der Waals surface area (Å²) in [4.78, 5) is 27.8. The molecule has 1 aliphatic heterocycles. The van der Waals surface area contributed by atoms with Crippen molar-refractivity contribution >= 4 is 28.2 Å². The summed E-state index contributed by atoms with van der Waals surface area (Å²) >= 11 is 1.74. The average Bonchev–Trinajstić information content (AvgIpc) is 3.26. The van der Waals surface area contributed by atoms with E-state index >= 15 is 0 Å². The van der Waals surface area contributed by atoms with Gasteiger partial charge in [-0.3, -0.25) is 4.79 Å².